The SMILES string of the molecule is COc1ccc(F)c([C@H](c2ccc(OC(F)(F)F)cc2)N2CCNCC2)c1. The third-order valence-corrected chi connectivity index (χ3v) is 4.44. The predicted molar refractivity (Wildman–Crippen MR) is 92.4 cm³/mol. The molecule has 1 saturated heterocycles. The van der Waals surface area contributed by atoms with Gasteiger partial charge in [0.2, 0.25) is 0 Å². The fourth-order valence-electron chi connectivity index (χ4n) is 3.24. The van der Waals surface area contributed by atoms with Crippen LogP contribution in [0.4, 0.5) is 17.6 Å². The van der Waals surface area contributed by atoms with Gasteiger partial charge in [0.15, 0.2) is 0 Å². The molecule has 146 valence electrons. The fourth-order valence-corrected chi connectivity index (χ4v) is 3.24. The van der Waals surface area contributed by atoms with E-state index in [0.717, 1.165) is 13.1 Å². The molecule has 1 fully saturated rings. The highest BCUT2D eigenvalue weighted by Gasteiger charge is 2.31. The molecule has 27 heavy (non-hydrogen) atoms. The van der Waals surface area contributed by atoms with Gasteiger partial charge in [-0.3, -0.25) is 4.90 Å². The summed E-state index contributed by atoms with van der Waals surface area (Å²) >= 11 is 0. The molecule has 2 aromatic carbocycles. The standard InChI is InChI=1S/C19H20F4N2O2/c1-26-15-6-7-17(20)16(12-15)18(25-10-8-24-9-11-25)13-2-4-14(5-3-13)27-19(21,22)23/h2-7,12,18,24H,8-11H2,1H3/t18-/m0/s1. The number of nitrogens with zero attached hydrogens (tertiary/aromatic N) is 1. The minimum Gasteiger partial charge on any atom is -0.497 e. The first-order chi connectivity index (χ1) is 12.9. The number of ether oxygens (including phenoxy) is 2. The second-order valence-electron chi connectivity index (χ2n) is 6.19. The van der Waals surface area contributed by atoms with Crippen LogP contribution in [0.25, 0.3) is 0 Å². The van der Waals surface area contributed by atoms with E-state index in [1.807, 2.05) is 0 Å². The Kier molecular flexibility index (Phi) is 5.86. The molecule has 1 N–H and O–H groups in total. The maximum absolute atomic E-state index is 14.6. The number of alkyl halides is 3. The molecule has 0 unspecified atom stereocenters. The summed E-state index contributed by atoms with van der Waals surface area (Å²) in [5, 5.41) is 3.24. The Labute approximate surface area is 154 Å². The third-order valence-electron chi connectivity index (χ3n) is 4.44. The van der Waals surface area contributed by atoms with Crippen molar-refractivity contribution in [1.82, 2.24) is 10.2 Å². The molecular formula is C19H20F4N2O2. The van der Waals surface area contributed by atoms with Crippen molar-refractivity contribution >= 4 is 0 Å². The summed E-state index contributed by atoms with van der Waals surface area (Å²) in [7, 11) is 1.50. The van der Waals surface area contributed by atoms with E-state index in [4.69, 9.17) is 4.74 Å². The Morgan fingerprint density at radius 2 is 1.63 bits per heavy atom. The van der Waals surface area contributed by atoms with Crippen LogP contribution in [0, 0.1) is 5.82 Å². The lowest BCUT2D eigenvalue weighted by atomic mass is 9.95. The highest BCUT2D eigenvalue weighted by molar-refractivity contribution is 5.40. The normalized spacial score (nSPS) is 16.8. The van der Waals surface area contributed by atoms with Crippen LogP contribution in [-0.4, -0.2) is 44.6 Å². The second kappa shape index (κ2) is 8.14. The summed E-state index contributed by atoms with van der Waals surface area (Å²) in [6.07, 6.45) is -4.75. The number of rotatable bonds is 5. The van der Waals surface area contributed by atoms with Gasteiger partial charge in [0.1, 0.15) is 17.3 Å². The molecule has 0 radical (unpaired) electrons. The second-order valence-corrected chi connectivity index (χ2v) is 6.19. The summed E-state index contributed by atoms with van der Waals surface area (Å²) in [4.78, 5) is 2.09. The first-order valence-electron chi connectivity index (χ1n) is 8.51. The number of hydrogen-bond donors (Lipinski definition) is 1. The van der Waals surface area contributed by atoms with E-state index in [2.05, 4.69) is 15.0 Å². The molecule has 1 heterocycles. The Bertz CT molecular complexity index is 759. The fraction of sp³-hybridized carbons (Fsp3) is 0.368. The van der Waals surface area contributed by atoms with Gasteiger partial charge in [-0.25, -0.2) is 4.39 Å². The van der Waals surface area contributed by atoms with Gasteiger partial charge in [-0.05, 0) is 35.9 Å². The maximum atomic E-state index is 14.6. The topological polar surface area (TPSA) is 33.7 Å². The summed E-state index contributed by atoms with van der Waals surface area (Å²) in [5.74, 6) is -0.185. The molecule has 2 aromatic rings. The Hall–Kier alpha value is -2.32. The number of nitrogens with one attached hydrogen (secondary N) is 1. The van der Waals surface area contributed by atoms with Crippen LogP contribution in [0.1, 0.15) is 17.2 Å². The van der Waals surface area contributed by atoms with Crippen LogP contribution in [-0.2, 0) is 0 Å². The van der Waals surface area contributed by atoms with Crippen molar-refractivity contribution in [2.45, 2.75) is 12.4 Å². The molecule has 0 saturated carbocycles. The van der Waals surface area contributed by atoms with Crippen LogP contribution in [0.5, 0.6) is 11.5 Å². The third kappa shape index (κ3) is 4.90. The van der Waals surface area contributed by atoms with Gasteiger partial charge in [-0.2, -0.15) is 0 Å². The number of piperazine rings is 1. The first-order valence-corrected chi connectivity index (χ1v) is 8.51. The van der Waals surface area contributed by atoms with Gasteiger partial charge in [0, 0.05) is 31.7 Å². The van der Waals surface area contributed by atoms with Crippen molar-refractivity contribution in [2.24, 2.45) is 0 Å². The van der Waals surface area contributed by atoms with Gasteiger partial charge in [-0.15, -0.1) is 13.2 Å². The molecule has 0 spiro atoms. The van der Waals surface area contributed by atoms with E-state index in [1.165, 1.54) is 43.5 Å². The lowest BCUT2D eigenvalue weighted by Gasteiger charge is -2.35. The van der Waals surface area contributed by atoms with Gasteiger partial charge in [0.25, 0.3) is 0 Å². The predicted octanol–water partition coefficient (Wildman–Crippen LogP) is 3.73. The van der Waals surface area contributed by atoms with E-state index in [-0.39, 0.29) is 5.75 Å². The van der Waals surface area contributed by atoms with Crippen molar-refractivity contribution in [2.75, 3.05) is 33.3 Å². The molecule has 3 rings (SSSR count). The van der Waals surface area contributed by atoms with Gasteiger partial charge in [-0.1, -0.05) is 12.1 Å². The van der Waals surface area contributed by atoms with E-state index in [1.54, 1.807) is 6.07 Å². The molecule has 1 aliphatic rings. The summed E-state index contributed by atoms with van der Waals surface area (Å²) in [6, 6.07) is 9.62. The Morgan fingerprint density at radius 3 is 2.22 bits per heavy atom. The highest BCUT2D eigenvalue weighted by Crippen LogP contribution is 2.34. The molecule has 8 heteroatoms. The van der Waals surface area contributed by atoms with Gasteiger partial charge < -0.3 is 14.8 Å². The smallest absolute Gasteiger partial charge is 0.497 e. The molecule has 1 aliphatic heterocycles. The number of methoxy groups -OCH3 is 1. The molecular weight excluding hydrogens is 364 g/mol. The van der Waals surface area contributed by atoms with Crippen LogP contribution in [0.15, 0.2) is 42.5 Å². The van der Waals surface area contributed by atoms with E-state index >= 15 is 0 Å². The highest BCUT2D eigenvalue weighted by atomic mass is 19.4. The lowest BCUT2D eigenvalue weighted by Crippen LogP contribution is -2.45. The first kappa shape index (κ1) is 19.4. The maximum Gasteiger partial charge on any atom is 0.573 e. The van der Waals surface area contributed by atoms with Crippen LogP contribution in [0.2, 0.25) is 0 Å². The number of hydrogen-bond acceptors (Lipinski definition) is 4. The van der Waals surface area contributed by atoms with Crippen LogP contribution >= 0.6 is 0 Å². The van der Waals surface area contributed by atoms with Crippen molar-refractivity contribution in [3.05, 3.63) is 59.4 Å². The van der Waals surface area contributed by atoms with E-state index in [0.29, 0.717) is 30.0 Å². The summed E-state index contributed by atoms with van der Waals surface area (Å²) in [6.45, 7) is 2.86. The van der Waals surface area contributed by atoms with E-state index < -0.39 is 18.2 Å². The Balaban J connectivity index is 1.97. The molecule has 4 nitrogen and oxygen atoms in total. The zero-order chi connectivity index (χ0) is 19.4. The van der Waals surface area contributed by atoms with Gasteiger partial charge in [0.05, 0.1) is 13.2 Å². The molecule has 0 bridgehead atoms. The van der Waals surface area contributed by atoms with Crippen molar-refractivity contribution < 1.29 is 27.0 Å². The van der Waals surface area contributed by atoms with Crippen molar-refractivity contribution in [1.29, 1.82) is 0 Å². The summed E-state index contributed by atoms with van der Waals surface area (Å²) < 4.78 is 60.9. The van der Waals surface area contributed by atoms with Crippen LogP contribution in [0.3, 0.4) is 0 Å². The number of benzene rings is 2. The van der Waals surface area contributed by atoms with Crippen molar-refractivity contribution in [3.8, 4) is 11.5 Å². The zero-order valence-corrected chi connectivity index (χ0v) is 14.7. The zero-order valence-electron chi connectivity index (χ0n) is 14.7. The van der Waals surface area contributed by atoms with Crippen LogP contribution < -0.4 is 14.8 Å². The minimum absolute atomic E-state index is 0.309. The lowest BCUT2D eigenvalue weighted by molar-refractivity contribution is -0.274. The van der Waals surface area contributed by atoms with E-state index in [9.17, 15) is 17.6 Å². The molecule has 0 aromatic heterocycles. The minimum atomic E-state index is -4.75. The summed E-state index contributed by atoms with van der Waals surface area (Å²) in [5.41, 5.74) is 1.10. The van der Waals surface area contributed by atoms with Crippen molar-refractivity contribution in [3.63, 3.8) is 0 Å². The monoisotopic (exact) mass is 384 g/mol. The largest absolute Gasteiger partial charge is 0.573 e. The number of halogens is 4. The quantitative estimate of drug-likeness (QED) is 0.797. The molecule has 1 atom stereocenters. The molecule has 0 aliphatic carbocycles. The molecule has 0 amide bonds. The van der Waals surface area contributed by atoms with Gasteiger partial charge >= 0.3 is 6.36 Å². The average Bonchev–Trinajstić information content (AvgIpc) is 2.64. The Morgan fingerprint density at radius 1 is 1.00 bits per heavy atom. The average molecular weight is 384 g/mol.